The van der Waals surface area contributed by atoms with Crippen molar-refractivity contribution in [1.82, 2.24) is 14.8 Å². The van der Waals surface area contributed by atoms with Gasteiger partial charge in [0.15, 0.2) is 5.16 Å². The van der Waals surface area contributed by atoms with Gasteiger partial charge < -0.3 is 15.6 Å². The smallest absolute Gasteiger partial charge is 0.245 e. The molecule has 3 N–H and O–H groups in total. The SMILES string of the molecule is Cn1cnnc1Sc1cc2c(cc1Cl)C(N)C(=O)N2. The summed E-state index contributed by atoms with van der Waals surface area (Å²) in [5.74, 6) is -0.216. The van der Waals surface area contributed by atoms with Crippen molar-refractivity contribution in [2.24, 2.45) is 12.8 Å². The lowest BCUT2D eigenvalue weighted by atomic mass is 10.1. The molecule has 1 aromatic heterocycles. The molecular weight excluding hydrogens is 286 g/mol. The predicted octanol–water partition coefficient (Wildman–Crippen LogP) is 1.57. The number of amides is 1. The van der Waals surface area contributed by atoms with Crippen LogP contribution >= 0.6 is 23.4 Å². The van der Waals surface area contributed by atoms with E-state index in [4.69, 9.17) is 17.3 Å². The summed E-state index contributed by atoms with van der Waals surface area (Å²) in [6.45, 7) is 0. The molecule has 98 valence electrons. The molecule has 0 bridgehead atoms. The van der Waals surface area contributed by atoms with Crippen molar-refractivity contribution in [3.8, 4) is 0 Å². The number of carbonyl (C=O) groups is 1. The van der Waals surface area contributed by atoms with Gasteiger partial charge in [-0.15, -0.1) is 10.2 Å². The van der Waals surface area contributed by atoms with Crippen LogP contribution in [0.2, 0.25) is 5.02 Å². The van der Waals surface area contributed by atoms with E-state index in [1.54, 1.807) is 17.0 Å². The molecule has 0 radical (unpaired) electrons. The first-order chi connectivity index (χ1) is 9.06. The van der Waals surface area contributed by atoms with E-state index >= 15 is 0 Å². The van der Waals surface area contributed by atoms with Crippen LogP contribution in [0.4, 0.5) is 5.69 Å². The van der Waals surface area contributed by atoms with Gasteiger partial charge in [0.25, 0.3) is 0 Å². The first-order valence-electron chi connectivity index (χ1n) is 5.48. The van der Waals surface area contributed by atoms with Crippen molar-refractivity contribution in [1.29, 1.82) is 0 Å². The molecule has 1 atom stereocenters. The van der Waals surface area contributed by atoms with Crippen LogP contribution in [0.1, 0.15) is 11.6 Å². The number of hydrogen-bond acceptors (Lipinski definition) is 5. The Hall–Kier alpha value is -1.57. The summed E-state index contributed by atoms with van der Waals surface area (Å²) in [5, 5.41) is 11.8. The molecular formula is C11H10ClN5OS. The number of rotatable bonds is 2. The summed E-state index contributed by atoms with van der Waals surface area (Å²) >= 11 is 7.60. The largest absolute Gasteiger partial charge is 0.324 e. The average Bonchev–Trinajstić information content (AvgIpc) is 2.88. The van der Waals surface area contributed by atoms with E-state index in [0.717, 1.165) is 15.6 Å². The van der Waals surface area contributed by atoms with Crippen LogP contribution in [0, 0.1) is 0 Å². The Morgan fingerprint density at radius 1 is 1.53 bits per heavy atom. The van der Waals surface area contributed by atoms with E-state index in [0.29, 0.717) is 10.7 Å². The number of nitrogens with two attached hydrogens (primary N) is 1. The van der Waals surface area contributed by atoms with E-state index in [9.17, 15) is 4.79 Å². The molecule has 1 amide bonds. The third-order valence-corrected chi connectivity index (χ3v) is 4.39. The quantitative estimate of drug-likeness (QED) is 0.878. The van der Waals surface area contributed by atoms with Crippen LogP contribution in [0.15, 0.2) is 28.5 Å². The van der Waals surface area contributed by atoms with Gasteiger partial charge in [-0.25, -0.2) is 0 Å². The number of benzene rings is 1. The number of nitrogens with zero attached hydrogens (tertiary/aromatic N) is 3. The lowest BCUT2D eigenvalue weighted by molar-refractivity contribution is -0.116. The molecule has 0 spiro atoms. The summed E-state index contributed by atoms with van der Waals surface area (Å²) in [4.78, 5) is 12.3. The summed E-state index contributed by atoms with van der Waals surface area (Å²) < 4.78 is 1.79. The van der Waals surface area contributed by atoms with Crippen LogP contribution in [-0.2, 0) is 11.8 Å². The van der Waals surface area contributed by atoms with Gasteiger partial charge in [0.2, 0.25) is 5.91 Å². The van der Waals surface area contributed by atoms with Crippen molar-refractivity contribution in [2.75, 3.05) is 5.32 Å². The maximum Gasteiger partial charge on any atom is 0.245 e. The van der Waals surface area contributed by atoms with Crippen LogP contribution < -0.4 is 11.1 Å². The molecule has 8 heteroatoms. The van der Waals surface area contributed by atoms with Crippen LogP contribution in [0.3, 0.4) is 0 Å². The molecule has 1 aliphatic heterocycles. The predicted molar refractivity (Wildman–Crippen MR) is 72.1 cm³/mol. The highest BCUT2D eigenvalue weighted by Gasteiger charge is 2.28. The summed E-state index contributed by atoms with van der Waals surface area (Å²) in [6, 6.07) is 2.88. The molecule has 2 aromatic rings. The molecule has 1 unspecified atom stereocenters. The number of halogens is 1. The number of aryl methyl sites for hydroxylation is 1. The molecule has 0 saturated heterocycles. The van der Waals surface area contributed by atoms with Crippen LogP contribution in [0.5, 0.6) is 0 Å². The molecule has 1 aromatic carbocycles. The Kier molecular flexibility index (Phi) is 2.96. The van der Waals surface area contributed by atoms with Gasteiger partial charge >= 0.3 is 0 Å². The van der Waals surface area contributed by atoms with Crippen molar-refractivity contribution >= 4 is 35.0 Å². The van der Waals surface area contributed by atoms with E-state index in [1.807, 2.05) is 13.1 Å². The lowest BCUT2D eigenvalue weighted by Gasteiger charge is -2.07. The topological polar surface area (TPSA) is 85.8 Å². The average molecular weight is 296 g/mol. The zero-order valence-electron chi connectivity index (χ0n) is 9.92. The normalized spacial score (nSPS) is 17.4. The second-order valence-corrected chi connectivity index (χ2v) is 5.58. The Morgan fingerprint density at radius 3 is 3.00 bits per heavy atom. The Balaban J connectivity index is 1.99. The van der Waals surface area contributed by atoms with Gasteiger partial charge in [-0.3, -0.25) is 4.79 Å². The lowest BCUT2D eigenvalue weighted by Crippen LogP contribution is -2.19. The third kappa shape index (κ3) is 2.09. The minimum Gasteiger partial charge on any atom is -0.324 e. The molecule has 2 heterocycles. The number of carbonyl (C=O) groups excluding carboxylic acids is 1. The van der Waals surface area contributed by atoms with Crippen molar-refractivity contribution in [3.05, 3.63) is 29.0 Å². The molecule has 6 nitrogen and oxygen atoms in total. The van der Waals surface area contributed by atoms with Gasteiger partial charge in [0.1, 0.15) is 12.4 Å². The van der Waals surface area contributed by atoms with Gasteiger partial charge in [0.05, 0.1) is 5.02 Å². The highest BCUT2D eigenvalue weighted by molar-refractivity contribution is 7.99. The number of fused-ring (bicyclic) bond motifs is 1. The summed E-state index contributed by atoms with van der Waals surface area (Å²) in [5.41, 5.74) is 7.19. The zero-order valence-corrected chi connectivity index (χ0v) is 11.5. The molecule has 1 aliphatic rings. The first-order valence-corrected chi connectivity index (χ1v) is 6.67. The second kappa shape index (κ2) is 4.52. The Morgan fingerprint density at radius 2 is 2.32 bits per heavy atom. The van der Waals surface area contributed by atoms with Crippen LogP contribution in [0.25, 0.3) is 0 Å². The van der Waals surface area contributed by atoms with Gasteiger partial charge in [-0.05, 0) is 23.9 Å². The Labute approximate surface area is 118 Å². The fourth-order valence-corrected chi connectivity index (χ4v) is 2.92. The van der Waals surface area contributed by atoms with Gasteiger partial charge in [-0.2, -0.15) is 0 Å². The number of anilines is 1. The Bertz CT molecular complexity index is 671. The third-order valence-electron chi connectivity index (χ3n) is 2.85. The standard InChI is InChI=1S/C11H10ClN5OS/c1-17-4-14-16-11(17)19-8-3-7-5(2-6(8)12)9(13)10(18)15-7/h2-4,9H,13H2,1H3,(H,15,18). The maximum atomic E-state index is 11.5. The van der Waals surface area contributed by atoms with Crippen molar-refractivity contribution in [3.63, 3.8) is 0 Å². The molecule has 0 aliphatic carbocycles. The second-order valence-electron chi connectivity index (χ2n) is 4.16. The zero-order chi connectivity index (χ0) is 13.6. The van der Waals surface area contributed by atoms with Crippen molar-refractivity contribution < 1.29 is 4.79 Å². The molecule has 19 heavy (non-hydrogen) atoms. The fourth-order valence-electron chi connectivity index (χ4n) is 1.83. The van der Waals surface area contributed by atoms with E-state index < -0.39 is 6.04 Å². The summed E-state index contributed by atoms with van der Waals surface area (Å²) in [6.07, 6.45) is 1.61. The van der Waals surface area contributed by atoms with Gasteiger partial charge in [0, 0.05) is 23.2 Å². The van der Waals surface area contributed by atoms with E-state index in [1.165, 1.54) is 11.8 Å². The minimum absolute atomic E-state index is 0.216. The first kappa shape index (κ1) is 12.5. The number of nitrogens with one attached hydrogen (secondary N) is 1. The maximum absolute atomic E-state index is 11.5. The highest BCUT2D eigenvalue weighted by atomic mass is 35.5. The van der Waals surface area contributed by atoms with E-state index in [-0.39, 0.29) is 5.91 Å². The minimum atomic E-state index is -0.652. The van der Waals surface area contributed by atoms with E-state index in [2.05, 4.69) is 15.5 Å². The molecule has 3 rings (SSSR count). The molecule has 0 fully saturated rings. The summed E-state index contributed by atoms with van der Waals surface area (Å²) in [7, 11) is 1.85. The number of aromatic nitrogens is 3. The monoisotopic (exact) mass is 295 g/mol. The van der Waals surface area contributed by atoms with Crippen LogP contribution in [-0.4, -0.2) is 20.7 Å². The fraction of sp³-hybridized carbons (Fsp3) is 0.182. The van der Waals surface area contributed by atoms with Gasteiger partial charge in [-0.1, -0.05) is 11.6 Å². The number of hydrogen-bond donors (Lipinski definition) is 2. The molecule has 0 saturated carbocycles. The highest BCUT2D eigenvalue weighted by Crippen LogP contribution is 2.39. The van der Waals surface area contributed by atoms with Crippen molar-refractivity contribution in [2.45, 2.75) is 16.1 Å².